The van der Waals surface area contributed by atoms with Gasteiger partial charge in [-0.05, 0) is 24.7 Å². The van der Waals surface area contributed by atoms with Crippen molar-refractivity contribution in [1.82, 2.24) is 0 Å². The second-order valence-electron chi connectivity index (χ2n) is 11.6. The fourth-order valence-corrected chi connectivity index (χ4v) is 4.54. The molecular weight excluding hydrogens is 464 g/mol. The lowest BCUT2D eigenvalue weighted by Crippen LogP contribution is -2.28. The van der Waals surface area contributed by atoms with Gasteiger partial charge in [-0.1, -0.05) is 137 Å². The highest BCUT2D eigenvalue weighted by atomic mass is 16.6. The van der Waals surface area contributed by atoms with Gasteiger partial charge in [0.25, 0.3) is 0 Å². The van der Waals surface area contributed by atoms with Gasteiger partial charge in [-0.25, -0.2) is 0 Å². The van der Waals surface area contributed by atoms with Gasteiger partial charge < -0.3 is 14.6 Å². The molecule has 0 aromatic rings. The number of esters is 2. The topological polar surface area (TPSA) is 72.8 Å². The summed E-state index contributed by atoms with van der Waals surface area (Å²) < 4.78 is 10.5. The molecule has 0 radical (unpaired) electrons. The van der Waals surface area contributed by atoms with Crippen molar-refractivity contribution in [1.29, 1.82) is 0 Å². The predicted molar refractivity (Wildman–Crippen MR) is 155 cm³/mol. The zero-order valence-electron chi connectivity index (χ0n) is 25.1. The summed E-state index contributed by atoms with van der Waals surface area (Å²) in [5.74, 6) is 1.06. The molecule has 0 aromatic carbocycles. The Morgan fingerprint density at radius 1 is 0.622 bits per heavy atom. The van der Waals surface area contributed by atoms with Crippen molar-refractivity contribution < 1.29 is 24.2 Å². The second kappa shape index (κ2) is 26.5. The third-order valence-electron chi connectivity index (χ3n) is 7.37. The summed E-state index contributed by atoms with van der Waals surface area (Å²) in [4.78, 5) is 24.0. The number of aliphatic hydroxyl groups excluding tert-OH is 1. The maximum atomic E-state index is 12.1. The van der Waals surface area contributed by atoms with E-state index in [0.717, 1.165) is 50.4 Å². The smallest absolute Gasteiger partial charge is 0.306 e. The van der Waals surface area contributed by atoms with Gasteiger partial charge in [0.15, 0.2) is 6.10 Å². The number of hydrogen-bond donors (Lipinski definition) is 1. The zero-order chi connectivity index (χ0) is 27.6. The van der Waals surface area contributed by atoms with Crippen LogP contribution >= 0.6 is 0 Å². The Balaban J connectivity index is 3.58. The fourth-order valence-electron chi connectivity index (χ4n) is 4.54. The molecule has 2 atom stereocenters. The standard InChI is InChI=1S/C32H62O5/c1-5-29(4)23-19-15-10-8-6-7-9-11-17-21-25-32(35)37-30(26-33)27-36-31(34)24-20-16-13-12-14-18-22-28(2)3/h28-30,33H,5-27H2,1-4H3/t29?,30-/m0/s1. The largest absolute Gasteiger partial charge is 0.462 e. The Bertz CT molecular complexity index is 519. The van der Waals surface area contributed by atoms with Crippen molar-refractivity contribution >= 4 is 11.9 Å². The number of carbonyl (C=O) groups is 2. The van der Waals surface area contributed by atoms with Crippen molar-refractivity contribution in [3.8, 4) is 0 Å². The van der Waals surface area contributed by atoms with Crippen LogP contribution in [0.3, 0.4) is 0 Å². The minimum absolute atomic E-state index is 0.0616. The second-order valence-corrected chi connectivity index (χ2v) is 11.6. The summed E-state index contributed by atoms with van der Waals surface area (Å²) >= 11 is 0. The first kappa shape index (κ1) is 35.9. The Labute approximate surface area is 229 Å². The molecule has 0 rings (SSSR count). The molecule has 5 nitrogen and oxygen atoms in total. The maximum absolute atomic E-state index is 12.1. The highest BCUT2D eigenvalue weighted by Gasteiger charge is 2.16. The molecule has 0 heterocycles. The molecule has 0 spiro atoms. The third kappa shape index (κ3) is 26.3. The van der Waals surface area contributed by atoms with Crippen LogP contribution in [0.25, 0.3) is 0 Å². The van der Waals surface area contributed by atoms with Crippen LogP contribution in [0.1, 0.15) is 163 Å². The Kier molecular flexibility index (Phi) is 25.7. The van der Waals surface area contributed by atoms with Gasteiger partial charge in [0, 0.05) is 12.8 Å². The van der Waals surface area contributed by atoms with E-state index in [1.807, 2.05) is 0 Å². The molecule has 0 aliphatic heterocycles. The van der Waals surface area contributed by atoms with E-state index in [9.17, 15) is 14.7 Å². The number of hydrogen-bond acceptors (Lipinski definition) is 5. The Morgan fingerprint density at radius 3 is 1.51 bits per heavy atom. The molecule has 1 unspecified atom stereocenters. The number of rotatable bonds is 27. The first-order valence-corrected chi connectivity index (χ1v) is 15.8. The third-order valence-corrected chi connectivity index (χ3v) is 7.37. The maximum Gasteiger partial charge on any atom is 0.306 e. The molecule has 0 aliphatic carbocycles. The summed E-state index contributed by atoms with van der Waals surface area (Å²) in [5, 5.41) is 9.47. The molecule has 37 heavy (non-hydrogen) atoms. The molecule has 0 aromatic heterocycles. The van der Waals surface area contributed by atoms with Crippen LogP contribution < -0.4 is 0 Å². The summed E-state index contributed by atoms with van der Waals surface area (Å²) in [7, 11) is 0. The summed E-state index contributed by atoms with van der Waals surface area (Å²) in [5.41, 5.74) is 0. The van der Waals surface area contributed by atoms with Crippen molar-refractivity contribution in [3.63, 3.8) is 0 Å². The predicted octanol–water partition coefficient (Wildman–Crippen LogP) is 8.94. The van der Waals surface area contributed by atoms with Crippen molar-refractivity contribution in [3.05, 3.63) is 0 Å². The van der Waals surface area contributed by atoms with Gasteiger partial charge >= 0.3 is 11.9 Å². The molecule has 0 saturated heterocycles. The Hall–Kier alpha value is -1.10. The Morgan fingerprint density at radius 2 is 1.05 bits per heavy atom. The number of aliphatic hydroxyl groups is 1. The average Bonchev–Trinajstić information content (AvgIpc) is 2.88. The average molecular weight is 527 g/mol. The quantitative estimate of drug-likeness (QED) is 0.0854. The van der Waals surface area contributed by atoms with Crippen LogP contribution in [-0.2, 0) is 19.1 Å². The van der Waals surface area contributed by atoms with Gasteiger partial charge in [-0.3, -0.25) is 9.59 Å². The minimum Gasteiger partial charge on any atom is -0.462 e. The first-order chi connectivity index (χ1) is 17.9. The van der Waals surface area contributed by atoms with Crippen LogP contribution in [0, 0.1) is 11.8 Å². The highest BCUT2D eigenvalue weighted by Crippen LogP contribution is 2.16. The van der Waals surface area contributed by atoms with Crippen molar-refractivity contribution in [2.45, 2.75) is 169 Å². The fraction of sp³-hybridized carbons (Fsp3) is 0.938. The molecule has 220 valence electrons. The van der Waals surface area contributed by atoms with Crippen LogP contribution in [-0.4, -0.2) is 36.4 Å². The van der Waals surface area contributed by atoms with E-state index in [2.05, 4.69) is 27.7 Å². The van der Waals surface area contributed by atoms with E-state index in [1.54, 1.807) is 0 Å². The van der Waals surface area contributed by atoms with E-state index in [-0.39, 0.29) is 25.2 Å². The van der Waals surface area contributed by atoms with Crippen LogP contribution in [0.5, 0.6) is 0 Å². The monoisotopic (exact) mass is 526 g/mol. The van der Waals surface area contributed by atoms with E-state index in [1.165, 1.54) is 83.5 Å². The van der Waals surface area contributed by atoms with E-state index < -0.39 is 6.10 Å². The lowest BCUT2D eigenvalue weighted by Gasteiger charge is -2.15. The van der Waals surface area contributed by atoms with Gasteiger partial charge in [0.1, 0.15) is 6.61 Å². The van der Waals surface area contributed by atoms with Gasteiger partial charge in [0.2, 0.25) is 0 Å². The lowest BCUT2D eigenvalue weighted by molar-refractivity contribution is -0.161. The van der Waals surface area contributed by atoms with Crippen molar-refractivity contribution in [2.24, 2.45) is 11.8 Å². The highest BCUT2D eigenvalue weighted by molar-refractivity contribution is 5.70. The van der Waals surface area contributed by atoms with Crippen LogP contribution in [0.15, 0.2) is 0 Å². The molecule has 0 saturated carbocycles. The number of ether oxygens (including phenoxy) is 2. The van der Waals surface area contributed by atoms with Gasteiger partial charge in [-0.2, -0.15) is 0 Å². The molecule has 0 bridgehead atoms. The van der Waals surface area contributed by atoms with Crippen LogP contribution in [0.4, 0.5) is 0 Å². The number of unbranched alkanes of at least 4 members (excludes halogenated alkanes) is 14. The molecule has 0 amide bonds. The number of carbonyl (C=O) groups excluding carboxylic acids is 2. The van der Waals surface area contributed by atoms with Crippen LogP contribution in [0.2, 0.25) is 0 Å². The lowest BCUT2D eigenvalue weighted by atomic mass is 9.99. The minimum atomic E-state index is -0.761. The van der Waals surface area contributed by atoms with Gasteiger partial charge in [-0.15, -0.1) is 0 Å². The van der Waals surface area contributed by atoms with E-state index in [0.29, 0.717) is 12.8 Å². The van der Waals surface area contributed by atoms with Crippen molar-refractivity contribution in [2.75, 3.05) is 13.2 Å². The molecular formula is C32H62O5. The molecule has 0 fully saturated rings. The van der Waals surface area contributed by atoms with E-state index >= 15 is 0 Å². The normalized spacial score (nSPS) is 13.0. The molecule has 1 N–H and O–H groups in total. The SMILES string of the molecule is CCC(C)CCCCCCCCCCCCC(=O)O[C@@H](CO)COC(=O)CCCCCCCCC(C)C. The van der Waals surface area contributed by atoms with Gasteiger partial charge in [0.05, 0.1) is 6.61 Å². The zero-order valence-corrected chi connectivity index (χ0v) is 25.1. The molecule has 5 heteroatoms. The summed E-state index contributed by atoms with van der Waals surface area (Å²) in [6, 6.07) is 0. The first-order valence-electron chi connectivity index (χ1n) is 15.8. The summed E-state index contributed by atoms with van der Waals surface area (Å²) in [6.45, 7) is 8.75. The summed E-state index contributed by atoms with van der Waals surface area (Å²) in [6.07, 6.45) is 23.0. The molecule has 0 aliphatic rings. The van der Waals surface area contributed by atoms with E-state index in [4.69, 9.17) is 9.47 Å².